The number of carbonyl (C=O) groups is 2. The van der Waals surface area contributed by atoms with Crippen LogP contribution >= 0.6 is 0 Å². The van der Waals surface area contributed by atoms with E-state index >= 15 is 0 Å². The van der Waals surface area contributed by atoms with Crippen LogP contribution in [0.15, 0.2) is 30.3 Å². The van der Waals surface area contributed by atoms with Gasteiger partial charge in [0, 0.05) is 43.5 Å². The number of hydrogen-bond acceptors (Lipinski definition) is 3. The van der Waals surface area contributed by atoms with Crippen LogP contribution in [0.2, 0.25) is 0 Å². The van der Waals surface area contributed by atoms with Gasteiger partial charge in [0.05, 0.1) is 0 Å². The summed E-state index contributed by atoms with van der Waals surface area (Å²) in [6, 6.07) is 9.32. The molecule has 1 aromatic carbocycles. The fraction of sp³-hybridized carbons (Fsp3) is 0.643. The first-order valence-corrected chi connectivity index (χ1v) is 13.0. The molecule has 0 aromatic heterocycles. The van der Waals surface area contributed by atoms with E-state index in [2.05, 4.69) is 54.4 Å². The van der Waals surface area contributed by atoms with Gasteiger partial charge in [0.2, 0.25) is 5.91 Å². The van der Waals surface area contributed by atoms with E-state index in [0.717, 1.165) is 75.8 Å². The zero-order valence-corrected chi connectivity index (χ0v) is 20.9. The van der Waals surface area contributed by atoms with Gasteiger partial charge in [0.1, 0.15) is 0 Å². The van der Waals surface area contributed by atoms with Crippen LogP contribution in [0.1, 0.15) is 78.8 Å². The van der Waals surface area contributed by atoms with Crippen molar-refractivity contribution in [3.63, 3.8) is 0 Å². The summed E-state index contributed by atoms with van der Waals surface area (Å²) in [4.78, 5) is 30.2. The van der Waals surface area contributed by atoms with Crippen LogP contribution in [0, 0.1) is 5.92 Å². The molecular weight excluding hydrogens is 410 g/mol. The van der Waals surface area contributed by atoms with E-state index in [-0.39, 0.29) is 30.6 Å². The monoisotopic (exact) mass is 453 g/mol. The molecular formula is C28H43N3O2. The van der Waals surface area contributed by atoms with Gasteiger partial charge in [0.15, 0.2) is 0 Å². The first-order chi connectivity index (χ1) is 15.9. The number of fused-ring (bicyclic) bond motifs is 2. The normalized spacial score (nSPS) is 20.9. The van der Waals surface area contributed by atoms with Crippen molar-refractivity contribution in [2.75, 3.05) is 26.2 Å². The summed E-state index contributed by atoms with van der Waals surface area (Å²) < 4.78 is 0. The standard InChI is InChI=1S/C28H41N3O2.H2/c1-5-21(6-2)29-26(32)24-19-28(25-10-8-7-9-23(24)25)13-17-30(18-14-28)22-11-15-31(16-12-22)27(33)20(3)4;/h7-10,19-22H,5-6,11-18H2,1-4H3,(H,29,32);1H. The van der Waals surface area contributed by atoms with Gasteiger partial charge in [-0.05, 0) is 62.7 Å². The van der Waals surface area contributed by atoms with Crippen molar-refractivity contribution < 1.29 is 11.0 Å². The average Bonchev–Trinajstić information content (AvgIpc) is 3.16. The molecule has 1 spiro atoms. The predicted molar refractivity (Wildman–Crippen MR) is 136 cm³/mol. The summed E-state index contributed by atoms with van der Waals surface area (Å²) in [6.07, 6.45) is 8.45. The third kappa shape index (κ3) is 4.75. The molecule has 4 rings (SSSR count). The van der Waals surface area contributed by atoms with Gasteiger partial charge < -0.3 is 15.1 Å². The van der Waals surface area contributed by atoms with Gasteiger partial charge in [0.25, 0.3) is 5.91 Å². The maximum Gasteiger partial charge on any atom is 0.251 e. The van der Waals surface area contributed by atoms with E-state index in [9.17, 15) is 9.59 Å². The average molecular weight is 454 g/mol. The lowest BCUT2D eigenvalue weighted by molar-refractivity contribution is -0.136. The molecule has 2 fully saturated rings. The van der Waals surface area contributed by atoms with Crippen molar-refractivity contribution in [1.29, 1.82) is 0 Å². The number of rotatable bonds is 6. The van der Waals surface area contributed by atoms with Crippen molar-refractivity contribution in [2.24, 2.45) is 5.92 Å². The lowest BCUT2D eigenvalue weighted by atomic mass is 9.74. The van der Waals surface area contributed by atoms with Crippen LogP contribution < -0.4 is 5.32 Å². The Labute approximate surface area is 201 Å². The van der Waals surface area contributed by atoms with Crippen LogP contribution in [-0.2, 0) is 15.0 Å². The molecule has 3 aliphatic rings. The maximum absolute atomic E-state index is 13.2. The lowest BCUT2D eigenvalue weighted by Gasteiger charge is -2.45. The lowest BCUT2D eigenvalue weighted by Crippen LogP contribution is -2.51. The highest BCUT2D eigenvalue weighted by molar-refractivity contribution is 6.21. The molecule has 2 heterocycles. The molecule has 1 aromatic rings. The molecule has 5 nitrogen and oxygen atoms in total. The zero-order chi connectivity index (χ0) is 23.6. The van der Waals surface area contributed by atoms with Crippen LogP contribution in [0.3, 0.4) is 0 Å². The smallest absolute Gasteiger partial charge is 0.251 e. The van der Waals surface area contributed by atoms with Gasteiger partial charge in [-0.3, -0.25) is 9.59 Å². The second-order valence-electron chi connectivity index (χ2n) is 10.5. The molecule has 182 valence electrons. The van der Waals surface area contributed by atoms with Crippen LogP contribution in [-0.4, -0.2) is 59.9 Å². The van der Waals surface area contributed by atoms with E-state index in [4.69, 9.17) is 0 Å². The van der Waals surface area contributed by atoms with Crippen molar-refractivity contribution >= 4 is 17.4 Å². The number of likely N-dealkylation sites (tertiary alicyclic amines) is 2. The quantitative estimate of drug-likeness (QED) is 0.684. The first kappa shape index (κ1) is 24.0. The van der Waals surface area contributed by atoms with E-state index in [1.807, 2.05) is 18.7 Å². The Kier molecular flexibility index (Phi) is 7.28. The van der Waals surface area contributed by atoms with Gasteiger partial charge in [-0.1, -0.05) is 58.0 Å². The minimum absolute atomic E-state index is 0. The summed E-state index contributed by atoms with van der Waals surface area (Å²) in [7, 11) is 0. The molecule has 33 heavy (non-hydrogen) atoms. The highest BCUT2D eigenvalue weighted by atomic mass is 16.2. The highest BCUT2D eigenvalue weighted by Crippen LogP contribution is 2.47. The molecule has 1 N–H and O–H groups in total. The Morgan fingerprint density at radius 2 is 1.70 bits per heavy atom. The Balaban J connectivity index is 0.00000324. The summed E-state index contributed by atoms with van der Waals surface area (Å²) >= 11 is 0. The third-order valence-electron chi connectivity index (χ3n) is 8.22. The minimum Gasteiger partial charge on any atom is -0.349 e. The molecule has 2 saturated heterocycles. The summed E-state index contributed by atoms with van der Waals surface area (Å²) in [5.74, 6) is 0.456. The van der Waals surface area contributed by atoms with Crippen LogP contribution in [0.25, 0.3) is 5.57 Å². The summed E-state index contributed by atoms with van der Waals surface area (Å²) in [5.41, 5.74) is 3.29. The molecule has 0 saturated carbocycles. The number of nitrogens with one attached hydrogen (secondary N) is 1. The number of carbonyl (C=O) groups excluding carboxylic acids is 2. The number of hydrogen-bond donors (Lipinski definition) is 1. The highest BCUT2D eigenvalue weighted by Gasteiger charge is 2.43. The predicted octanol–water partition coefficient (Wildman–Crippen LogP) is 4.62. The van der Waals surface area contributed by atoms with Gasteiger partial charge >= 0.3 is 0 Å². The van der Waals surface area contributed by atoms with Crippen LogP contribution in [0.4, 0.5) is 0 Å². The number of nitrogens with zero attached hydrogens (tertiary/aromatic N) is 2. The molecule has 2 amide bonds. The molecule has 5 heteroatoms. The topological polar surface area (TPSA) is 52.7 Å². The zero-order valence-electron chi connectivity index (χ0n) is 20.9. The number of benzene rings is 1. The Bertz CT molecular complexity index is 893. The molecule has 2 aliphatic heterocycles. The fourth-order valence-electron chi connectivity index (χ4n) is 6.05. The fourth-order valence-corrected chi connectivity index (χ4v) is 6.05. The van der Waals surface area contributed by atoms with Gasteiger partial charge in [-0.25, -0.2) is 0 Å². The molecule has 0 atom stereocenters. The maximum atomic E-state index is 13.2. The van der Waals surface area contributed by atoms with Crippen molar-refractivity contribution in [3.8, 4) is 0 Å². The second kappa shape index (κ2) is 10.0. The van der Waals surface area contributed by atoms with Crippen molar-refractivity contribution in [1.82, 2.24) is 15.1 Å². The van der Waals surface area contributed by atoms with Gasteiger partial charge in [-0.2, -0.15) is 0 Å². The minimum atomic E-state index is -0.0258. The van der Waals surface area contributed by atoms with E-state index < -0.39 is 0 Å². The summed E-state index contributed by atoms with van der Waals surface area (Å²) in [5, 5.41) is 3.25. The Hall–Kier alpha value is -2.14. The Morgan fingerprint density at radius 3 is 2.30 bits per heavy atom. The molecule has 1 aliphatic carbocycles. The van der Waals surface area contributed by atoms with Crippen molar-refractivity contribution in [2.45, 2.75) is 83.7 Å². The van der Waals surface area contributed by atoms with E-state index in [1.54, 1.807) is 0 Å². The van der Waals surface area contributed by atoms with Crippen molar-refractivity contribution in [3.05, 3.63) is 41.5 Å². The molecule has 0 radical (unpaired) electrons. The largest absolute Gasteiger partial charge is 0.349 e. The Morgan fingerprint density at radius 1 is 1.06 bits per heavy atom. The SMILES string of the molecule is CCC(CC)NC(=O)C1=CC2(CCN(C3CCN(C(=O)C(C)C)CC3)CC2)c2ccccc21.[HH]. The van der Waals surface area contributed by atoms with E-state index in [0.29, 0.717) is 6.04 Å². The first-order valence-electron chi connectivity index (χ1n) is 13.0. The number of piperidine rings is 2. The third-order valence-corrected chi connectivity index (χ3v) is 8.22. The number of allylic oxidation sites excluding steroid dienone is 1. The summed E-state index contributed by atoms with van der Waals surface area (Å²) in [6.45, 7) is 12.1. The van der Waals surface area contributed by atoms with Gasteiger partial charge in [-0.15, -0.1) is 0 Å². The molecule has 0 unspecified atom stereocenters. The second-order valence-corrected chi connectivity index (χ2v) is 10.5. The number of amides is 2. The van der Waals surface area contributed by atoms with E-state index in [1.165, 1.54) is 5.56 Å². The molecule has 0 bridgehead atoms. The van der Waals surface area contributed by atoms with Crippen LogP contribution in [0.5, 0.6) is 0 Å².